The Hall–Kier alpha value is -1.74. The van der Waals surface area contributed by atoms with Gasteiger partial charge in [-0.25, -0.2) is 4.98 Å². The third-order valence-electron chi connectivity index (χ3n) is 2.35. The van der Waals surface area contributed by atoms with Crippen molar-refractivity contribution in [2.45, 2.75) is 0 Å². The minimum absolute atomic E-state index is 0.729. The van der Waals surface area contributed by atoms with Gasteiger partial charge in [0.1, 0.15) is 4.83 Å². The van der Waals surface area contributed by atoms with E-state index in [1.807, 2.05) is 30.3 Å². The molecule has 0 amide bonds. The molecule has 0 unspecified atom stereocenters. The highest BCUT2D eigenvalue weighted by Gasteiger charge is 2.03. The number of nitrogens with zero attached hydrogens (tertiary/aromatic N) is 1. The van der Waals surface area contributed by atoms with Gasteiger partial charge in [0, 0.05) is 10.8 Å². The van der Waals surface area contributed by atoms with E-state index in [2.05, 4.69) is 11.1 Å². The number of para-hydroxylation sites is 1. The second-order valence-electron chi connectivity index (χ2n) is 3.34. The van der Waals surface area contributed by atoms with E-state index in [1.165, 1.54) is 11.3 Å². The van der Waals surface area contributed by atoms with E-state index < -0.39 is 0 Å². The molecule has 3 rings (SSSR count). The van der Waals surface area contributed by atoms with Crippen molar-refractivity contribution in [2.75, 3.05) is 0 Å². The Morgan fingerprint density at radius 2 is 2.00 bits per heavy atom. The Balaban J connectivity index is 2.44. The number of carbonyl (C=O) groups is 1. The molecule has 0 spiro atoms. The number of aldehydes is 1. The van der Waals surface area contributed by atoms with Gasteiger partial charge in [-0.15, -0.1) is 11.3 Å². The zero-order valence-electron chi connectivity index (χ0n) is 7.81. The van der Waals surface area contributed by atoms with E-state index in [1.54, 1.807) is 0 Å². The molecule has 0 bridgehead atoms. The summed E-state index contributed by atoms with van der Waals surface area (Å²) in [5.74, 6) is 0. The van der Waals surface area contributed by atoms with Crippen molar-refractivity contribution < 1.29 is 4.79 Å². The molecule has 0 fully saturated rings. The summed E-state index contributed by atoms with van der Waals surface area (Å²) in [4.78, 5) is 16.8. The maximum atomic E-state index is 10.7. The second-order valence-corrected chi connectivity index (χ2v) is 4.40. The largest absolute Gasteiger partial charge is 0.297 e. The van der Waals surface area contributed by atoms with Gasteiger partial charge in [-0.3, -0.25) is 4.79 Å². The molecular formula is C12H7NOS. The first-order valence-corrected chi connectivity index (χ1v) is 5.43. The van der Waals surface area contributed by atoms with Gasteiger partial charge >= 0.3 is 0 Å². The molecule has 0 aliphatic heterocycles. The molecule has 72 valence electrons. The maximum absolute atomic E-state index is 10.7. The van der Waals surface area contributed by atoms with E-state index in [4.69, 9.17) is 0 Å². The van der Waals surface area contributed by atoms with Crippen LogP contribution in [0.15, 0.2) is 36.4 Å². The molecule has 1 aromatic carbocycles. The molecule has 0 radical (unpaired) electrons. The fourth-order valence-electron chi connectivity index (χ4n) is 1.65. The molecule has 2 nitrogen and oxygen atoms in total. The minimum atomic E-state index is 0.729. The minimum Gasteiger partial charge on any atom is -0.297 e. The van der Waals surface area contributed by atoms with Crippen molar-refractivity contribution in [3.8, 4) is 0 Å². The SMILES string of the molecule is O=Cc1cc2cc3ccccc3nc2s1. The monoisotopic (exact) mass is 213 g/mol. The summed E-state index contributed by atoms with van der Waals surface area (Å²) >= 11 is 1.43. The van der Waals surface area contributed by atoms with E-state index >= 15 is 0 Å². The van der Waals surface area contributed by atoms with Crippen LogP contribution < -0.4 is 0 Å². The average Bonchev–Trinajstić information content (AvgIpc) is 2.67. The molecule has 0 N–H and O–H groups in total. The van der Waals surface area contributed by atoms with Crippen molar-refractivity contribution in [2.24, 2.45) is 0 Å². The summed E-state index contributed by atoms with van der Waals surface area (Å²) < 4.78 is 0. The highest BCUT2D eigenvalue weighted by Crippen LogP contribution is 2.26. The molecular weight excluding hydrogens is 206 g/mol. The average molecular weight is 213 g/mol. The maximum Gasteiger partial charge on any atom is 0.160 e. The fourth-order valence-corrected chi connectivity index (χ4v) is 2.49. The third kappa shape index (κ3) is 1.32. The molecule has 2 aromatic heterocycles. The molecule has 0 saturated heterocycles. The van der Waals surface area contributed by atoms with Crippen molar-refractivity contribution >= 4 is 38.7 Å². The highest BCUT2D eigenvalue weighted by atomic mass is 32.1. The Kier molecular flexibility index (Phi) is 1.79. The van der Waals surface area contributed by atoms with Gasteiger partial charge in [0.15, 0.2) is 6.29 Å². The molecule has 3 aromatic rings. The number of aromatic nitrogens is 1. The highest BCUT2D eigenvalue weighted by molar-refractivity contribution is 7.20. The lowest BCUT2D eigenvalue weighted by Crippen LogP contribution is -1.76. The Labute approximate surface area is 90.2 Å². The van der Waals surface area contributed by atoms with Crippen LogP contribution in [0.2, 0.25) is 0 Å². The number of hydrogen-bond donors (Lipinski definition) is 0. The fraction of sp³-hybridized carbons (Fsp3) is 0. The predicted molar refractivity (Wildman–Crippen MR) is 62.5 cm³/mol. The van der Waals surface area contributed by atoms with E-state index in [9.17, 15) is 4.79 Å². The first-order valence-electron chi connectivity index (χ1n) is 4.61. The molecule has 0 aliphatic carbocycles. The van der Waals surface area contributed by atoms with E-state index in [0.29, 0.717) is 0 Å². The third-order valence-corrected chi connectivity index (χ3v) is 3.32. The van der Waals surface area contributed by atoms with Gasteiger partial charge < -0.3 is 0 Å². The summed E-state index contributed by atoms with van der Waals surface area (Å²) in [5.41, 5.74) is 0.976. The number of fused-ring (bicyclic) bond motifs is 2. The molecule has 3 heteroatoms. The van der Waals surface area contributed by atoms with E-state index in [0.717, 1.165) is 32.3 Å². The summed E-state index contributed by atoms with van der Waals surface area (Å²) in [5, 5.41) is 2.15. The van der Waals surface area contributed by atoms with Crippen LogP contribution in [-0.2, 0) is 0 Å². The smallest absolute Gasteiger partial charge is 0.160 e. The van der Waals surface area contributed by atoms with Gasteiger partial charge in [0.05, 0.1) is 10.4 Å². The van der Waals surface area contributed by atoms with Crippen LogP contribution in [-0.4, -0.2) is 11.3 Å². The number of benzene rings is 1. The zero-order chi connectivity index (χ0) is 10.3. The number of thiophene rings is 1. The normalized spacial score (nSPS) is 10.9. The summed E-state index contributed by atoms with van der Waals surface area (Å²) in [7, 11) is 0. The Bertz CT molecular complexity index is 604. The van der Waals surface area contributed by atoms with Gasteiger partial charge in [-0.1, -0.05) is 18.2 Å². The Morgan fingerprint density at radius 3 is 2.87 bits per heavy atom. The lowest BCUT2D eigenvalue weighted by Gasteiger charge is -1.95. The standard InChI is InChI=1S/C12H7NOS/c14-7-10-6-9-5-8-3-1-2-4-11(8)13-12(9)15-10/h1-7H. The number of carbonyl (C=O) groups excluding carboxylic acids is 1. The van der Waals surface area contributed by atoms with Gasteiger partial charge in [0.25, 0.3) is 0 Å². The van der Waals surface area contributed by atoms with Gasteiger partial charge in [-0.2, -0.15) is 0 Å². The zero-order valence-corrected chi connectivity index (χ0v) is 8.62. The van der Waals surface area contributed by atoms with Crippen LogP contribution in [0.5, 0.6) is 0 Å². The quantitative estimate of drug-likeness (QED) is 0.581. The topological polar surface area (TPSA) is 30.0 Å². The molecule has 0 saturated carbocycles. The summed E-state index contributed by atoms with van der Waals surface area (Å²) in [6, 6.07) is 11.9. The molecule has 0 atom stereocenters. The molecule has 0 aliphatic rings. The van der Waals surface area contributed by atoms with Gasteiger partial charge in [-0.05, 0) is 18.2 Å². The lowest BCUT2D eigenvalue weighted by atomic mass is 10.2. The summed E-state index contributed by atoms with van der Waals surface area (Å²) in [6.45, 7) is 0. The number of rotatable bonds is 1. The lowest BCUT2D eigenvalue weighted by molar-refractivity contribution is 0.112. The van der Waals surface area contributed by atoms with Crippen LogP contribution in [0.3, 0.4) is 0 Å². The van der Waals surface area contributed by atoms with Crippen molar-refractivity contribution in [1.29, 1.82) is 0 Å². The van der Waals surface area contributed by atoms with Crippen LogP contribution in [0, 0.1) is 0 Å². The van der Waals surface area contributed by atoms with Crippen LogP contribution in [0.4, 0.5) is 0 Å². The van der Waals surface area contributed by atoms with Crippen LogP contribution in [0.1, 0.15) is 9.67 Å². The first-order chi connectivity index (χ1) is 7.36. The van der Waals surface area contributed by atoms with Crippen LogP contribution in [0.25, 0.3) is 21.1 Å². The van der Waals surface area contributed by atoms with E-state index in [-0.39, 0.29) is 0 Å². The van der Waals surface area contributed by atoms with Gasteiger partial charge in [0.2, 0.25) is 0 Å². The summed E-state index contributed by atoms with van der Waals surface area (Å²) in [6.07, 6.45) is 0.872. The van der Waals surface area contributed by atoms with Crippen molar-refractivity contribution in [1.82, 2.24) is 4.98 Å². The molecule has 15 heavy (non-hydrogen) atoms. The predicted octanol–water partition coefficient (Wildman–Crippen LogP) is 3.26. The number of hydrogen-bond acceptors (Lipinski definition) is 3. The second kappa shape index (κ2) is 3.14. The van der Waals surface area contributed by atoms with Crippen molar-refractivity contribution in [3.05, 3.63) is 41.3 Å². The first kappa shape index (κ1) is 8.56. The number of pyridine rings is 1. The van der Waals surface area contributed by atoms with Crippen molar-refractivity contribution in [3.63, 3.8) is 0 Å². The Morgan fingerprint density at radius 1 is 1.13 bits per heavy atom. The van der Waals surface area contributed by atoms with Crippen LogP contribution >= 0.6 is 11.3 Å². The molecule has 2 heterocycles.